The number of rotatable bonds is 3. The summed E-state index contributed by atoms with van der Waals surface area (Å²) < 4.78 is 13.8. The fourth-order valence-corrected chi connectivity index (χ4v) is 3.26. The smallest absolute Gasteiger partial charge is 0.123 e. The summed E-state index contributed by atoms with van der Waals surface area (Å²) >= 11 is 0. The van der Waals surface area contributed by atoms with E-state index in [-0.39, 0.29) is 0 Å². The lowest BCUT2D eigenvalue weighted by Crippen LogP contribution is -2.14. The second-order valence-electron chi connectivity index (χ2n) is 6.22. The minimum Gasteiger partial charge on any atom is -0.398 e. The van der Waals surface area contributed by atoms with Crippen LogP contribution in [0.25, 0.3) is 5.70 Å². The van der Waals surface area contributed by atoms with Gasteiger partial charge >= 0.3 is 0 Å². The van der Waals surface area contributed by atoms with Gasteiger partial charge in [0, 0.05) is 36.5 Å². The summed E-state index contributed by atoms with van der Waals surface area (Å²) in [5.74, 6) is 0. The van der Waals surface area contributed by atoms with Gasteiger partial charge in [-0.05, 0) is 41.8 Å². The zero-order valence-corrected chi connectivity index (χ0v) is 14.0. The van der Waals surface area contributed by atoms with Crippen molar-refractivity contribution in [3.05, 3.63) is 76.5 Å². The van der Waals surface area contributed by atoms with Crippen LogP contribution in [-0.2, 0) is 6.54 Å². The van der Waals surface area contributed by atoms with E-state index in [1.165, 1.54) is 5.56 Å². The van der Waals surface area contributed by atoms with E-state index in [2.05, 4.69) is 29.3 Å². The van der Waals surface area contributed by atoms with Crippen molar-refractivity contribution in [2.75, 3.05) is 13.6 Å². The van der Waals surface area contributed by atoms with E-state index in [0.717, 1.165) is 53.2 Å². The highest BCUT2D eigenvalue weighted by Gasteiger charge is 2.24. The van der Waals surface area contributed by atoms with Crippen molar-refractivity contribution in [1.29, 1.82) is 0 Å². The Bertz CT molecular complexity index is 726. The fourth-order valence-electron chi connectivity index (χ4n) is 3.26. The molecule has 3 rings (SSSR count). The van der Waals surface area contributed by atoms with E-state index in [1.54, 1.807) is 6.08 Å². The molecule has 1 unspecified atom stereocenters. The first-order valence-corrected chi connectivity index (χ1v) is 8.32. The van der Waals surface area contributed by atoms with Crippen molar-refractivity contribution >= 4 is 5.70 Å². The van der Waals surface area contributed by atoms with Crippen LogP contribution in [0.2, 0.25) is 0 Å². The molecule has 0 bridgehead atoms. The molecule has 1 aromatic rings. The third-order valence-corrected chi connectivity index (χ3v) is 4.52. The predicted molar refractivity (Wildman–Crippen MR) is 97.8 cm³/mol. The second-order valence-corrected chi connectivity index (χ2v) is 6.22. The molecule has 1 atom stereocenters. The molecule has 3 nitrogen and oxygen atoms in total. The fraction of sp³-hybridized carbons (Fsp3) is 0.300. The minimum atomic E-state index is -0.955. The number of hydrogen-bond donors (Lipinski definition) is 3. The molecule has 1 aliphatic heterocycles. The summed E-state index contributed by atoms with van der Waals surface area (Å²) in [6, 6.07) is 8.26. The number of halogens is 1. The largest absolute Gasteiger partial charge is 0.398 e. The zero-order chi connectivity index (χ0) is 17.1. The Kier molecular flexibility index (Phi) is 4.86. The van der Waals surface area contributed by atoms with Gasteiger partial charge < -0.3 is 16.4 Å². The average molecular weight is 325 g/mol. The molecule has 1 aromatic carbocycles. The van der Waals surface area contributed by atoms with E-state index >= 15 is 0 Å². The number of allylic oxidation sites excluding steroid dienone is 3. The maximum Gasteiger partial charge on any atom is 0.123 e. The van der Waals surface area contributed by atoms with E-state index in [0.29, 0.717) is 6.42 Å². The van der Waals surface area contributed by atoms with Crippen LogP contribution in [0, 0.1) is 0 Å². The van der Waals surface area contributed by atoms with Crippen molar-refractivity contribution in [2.45, 2.75) is 25.6 Å². The lowest BCUT2D eigenvalue weighted by Gasteiger charge is -2.20. The number of fused-ring (bicyclic) bond motifs is 1. The Labute approximate surface area is 142 Å². The molecule has 1 fully saturated rings. The maximum absolute atomic E-state index is 13.8. The van der Waals surface area contributed by atoms with Crippen LogP contribution in [-0.4, -0.2) is 19.8 Å². The highest BCUT2D eigenvalue weighted by atomic mass is 19.1. The number of nitrogens with one attached hydrogen (secondary N) is 2. The molecular weight excluding hydrogens is 301 g/mol. The van der Waals surface area contributed by atoms with Crippen molar-refractivity contribution in [2.24, 2.45) is 5.73 Å². The van der Waals surface area contributed by atoms with Gasteiger partial charge in [0.2, 0.25) is 0 Å². The number of hydrogen-bond acceptors (Lipinski definition) is 3. The third kappa shape index (κ3) is 3.29. The molecule has 1 heterocycles. The highest BCUT2D eigenvalue weighted by Crippen LogP contribution is 2.36. The first-order valence-electron chi connectivity index (χ1n) is 8.32. The van der Waals surface area contributed by atoms with Crippen molar-refractivity contribution in [1.82, 2.24) is 10.6 Å². The van der Waals surface area contributed by atoms with Crippen LogP contribution in [0.4, 0.5) is 4.39 Å². The van der Waals surface area contributed by atoms with Gasteiger partial charge in [-0.25, -0.2) is 4.39 Å². The summed E-state index contributed by atoms with van der Waals surface area (Å²) in [5.41, 5.74) is 13.2. The van der Waals surface area contributed by atoms with Crippen molar-refractivity contribution < 1.29 is 4.39 Å². The SMILES string of the molecule is C=C1NCC/C(=C(/N)c2ccc(CNC)cc2)C2=CCC(F)C=C12. The van der Waals surface area contributed by atoms with E-state index in [1.807, 2.05) is 25.3 Å². The molecule has 1 aliphatic carbocycles. The van der Waals surface area contributed by atoms with Crippen LogP contribution >= 0.6 is 0 Å². The molecule has 0 saturated carbocycles. The Morgan fingerprint density at radius 3 is 2.79 bits per heavy atom. The van der Waals surface area contributed by atoms with Gasteiger partial charge in [-0.1, -0.05) is 36.9 Å². The van der Waals surface area contributed by atoms with Gasteiger partial charge in [-0.15, -0.1) is 0 Å². The summed E-state index contributed by atoms with van der Waals surface area (Å²) in [6.07, 6.45) is 3.84. The van der Waals surface area contributed by atoms with E-state index in [9.17, 15) is 4.39 Å². The second kappa shape index (κ2) is 7.05. The first-order chi connectivity index (χ1) is 11.6. The van der Waals surface area contributed by atoms with Gasteiger partial charge in [-0.3, -0.25) is 0 Å². The number of alkyl halides is 1. The first kappa shape index (κ1) is 16.5. The zero-order valence-electron chi connectivity index (χ0n) is 14.0. The summed E-state index contributed by atoms with van der Waals surface area (Å²) in [7, 11) is 1.93. The van der Waals surface area contributed by atoms with Gasteiger partial charge in [0.15, 0.2) is 0 Å². The quantitative estimate of drug-likeness (QED) is 0.800. The van der Waals surface area contributed by atoms with Crippen molar-refractivity contribution in [3.63, 3.8) is 0 Å². The molecule has 24 heavy (non-hydrogen) atoms. The Morgan fingerprint density at radius 1 is 1.33 bits per heavy atom. The van der Waals surface area contributed by atoms with Gasteiger partial charge in [0.1, 0.15) is 6.17 Å². The molecule has 0 radical (unpaired) electrons. The van der Waals surface area contributed by atoms with Crippen LogP contribution < -0.4 is 16.4 Å². The standard InChI is InChI=1S/C20H24FN3/c1-13-19-11-16(21)7-8-17(19)18(9-10-24-13)20(22)15-5-3-14(4-6-15)12-23-2/h3-6,8,11,16,23-24H,1,7,9-10,12,22H2,2H3/b20-18-. The molecular formula is C20H24FN3. The predicted octanol–water partition coefficient (Wildman–Crippen LogP) is 3.18. The van der Waals surface area contributed by atoms with Crippen LogP contribution in [0.3, 0.4) is 0 Å². The Hall–Kier alpha value is -2.33. The lowest BCUT2D eigenvalue weighted by molar-refractivity contribution is 0.399. The third-order valence-electron chi connectivity index (χ3n) is 4.52. The van der Waals surface area contributed by atoms with Crippen LogP contribution in [0.15, 0.2) is 65.4 Å². The molecule has 126 valence electrons. The Balaban J connectivity index is 2.00. The van der Waals surface area contributed by atoms with E-state index < -0.39 is 6.17 Å². The topological polar surface area (TPSA) is 50.1 Å². The number of nitrogens with two attached hydrogens (primary N) is 1. The summed E-state index contributed by atoms with van der Waals surface area (Å²) in [4.78, 5) is 0. The van der Waals surface area contributed by atoms with Gasteiger partial charge in [-0.2, -0.15) is 0 Å². The molecule has 2 aliphatic rings. The van der Waals surface area contributed by atoms with Gasteiger partial charge in [0.25, 0.3) is 0 Å². The molecule has 4 N–H and O–H groups in total. The minimum absolute atomic E-state index is 0.393. The summed E-state index contributed by atoms with van der Waals surface area (Å²) in [5, 5.41) is 6.40. The maximum atomic E-state index is 13.8. The normalized spacial score (nSPS) is 22.8. The molecule has 4 heteroatoms. The average Bonchev–Trinajstić information content (AvgIpc) is 2.74. The molecule has 0 spiro atoms. The monoisotopic (exact) mass is 325 g/mol. The van der Waals surface area contributed by atoms with Crippen LogP contribution in [0.5, 0.6) is 0 Å². The van der Waals surface area contributed by atoms with E-state index in [4.69, 9.17) is 5.73 Å². The highest BCUT2D eigenvalue weighted by molar-refractivity contribution is 5.74. The molecule has 0 amide bonds. The van der Waals surface area contributed by atoms with Gasteiger partial charge in [0.05, 0.1) is 0 Å². The lowest BCUT2D eigenvalue weighted by atomic mass is 9.87. The molecule has 0 aromatic heterocycles. The van der Waals surface area contributed by atoms with Crippen molar-refractivity contribution in [3.8, 4) is 0 Å². The van der Waals surface area contributed by atoms with Crippen LogP contribution in [0.1, 0.15) is 24.0 Å². The number of benzene rings is 1. The Morgan fingerprint density at radius 2 is 2.08 bits per heavy atom. The molecule has 1 saturated heterocycles. The summed E-state index contributed by atoms with van der Waals surface area (Å²) in [6.45, 7) is 5.61.